The van der Waals surface area contributed by atoms with Crippen molar-refractivity contribution >= 4 is 11.7 Å². The number of rotatable bonds is 7. The van der Waals surface area contributed by atoms with Gasteiger partial charge in [-0.2, -0.15) is 0 Å². The molecule has 0 heterocycles. The molecule has 2 aromatic carbocycles. The van der Waals surface area contributed by atoms with Crippen molar-refractivity contribution in [2.45, 2.75) is 13.3 Å². The molecule has 0 N–H and O–H groups in total. The number of ether oxygens (including phenoxy) is 1. The molecule has 0 saturated heterocycles. The summed E-state index contributed by atoms with van der Waals surface area (Å²) in [5, 5.41) is 4.14. The van der Waals surface area contributed by atoms with Gasteiger partial charge in [-0.25, -0.2) is 4.79 Å². The second-order valence-corrected chi connectivity index (χ2v) is 4.73. The lowest BCUT2D eigenvalue weighted by Gasteiger charge is -2.06. The smallest absolute Gasteiger partial charge is 0.333 e. The zero-order valence-electron chi connectivity index (χ0n) is 13.0. The molecular weight excluding hydrogens is 290 g/mol. The molecule has 2 aromatic rings. The minimum atomic E-state index is -0.452. The van der Waals surface area contributed by atoms with E-state index in [1.54, 1.807) is 6.92 Å². The molecule has 0 amide bonds. The fourth-order valence-electron chi connectivity index (χ4n) is 1.98. The standard InChI is InChI=1S/C19H19NO3/c1-2-22-19(21)13-14-23-20-18(17-11-7-4-8-12-17)15-16-9-5-3-6-10-16/h3-14H,2,15H2,1H3/b14-13+,20-18+. The average molecular weight is 309 g/mol. The summed E-state index contributed by atoms with van der Waals surface area (Å²) >= 11 is 0. The summed E-state index contributed by atoms with van der Waals surface area (Å²) in [7, 11) is 0. The molecule has 0 atom stereocenters. The number of carbonyl (C=O) groups is 1. The second kappa shape index (κ2) is 9.20. The second-order valence-electron chi connectivity index (χ2n) is 4.73. The lowest BCUT2D eigenvalue weighted by atomic mass is 10.0. The van der Waals surface area contributed by atoms with Gasteiger partial charge in [0.2, 0.25) is 0 Å². The van der Waals surface area contributed by atoms with Crippen molar-refractivity contribution in [1.29, 1.82) is 0 Å². The fraction of sp³-hybridized carbons (Fsp3) is 0.158. The van der Waals surface area contributed by atoms with E-state index in [1.807, 2.05) is 60.7 Å². The molecule has 4 nitrogen and oxygen atoms in total. The molecule has 118 valence electrons. The molecule has 0 aliphatic carbocycles. The maximum Gasteiger partial charge on any atom is 0.333 e. The van der Waals surface area contributed by atoms with Crippen LogP contribution in [0.4, 0.5) is 0 Å². The van der Waals surface area contributed by atoms with Crippen molar-refractivity contribution < 1.29 is 14.4 Å². The molecule has 0 aliphatic heterocycles. The first-order chi connectivity index (χ1) is 11.3. The summed E-state index contributed by atoms with van der Waals surface area (Å²) in [6, 6.07) is 19.8. The van der Waals surface area contributed by atoms with Crippen molar-refractivity contribution in [3.05, 3.63) is 84.1 Å². The van der Waals surface area contributed by atoms with Crippen molar-refractivity contribution in [2.75, 3.05) is 6.61 Å². The van der Waals surface area contributed by atoms with E-state index < -0.39 is 5.97 Å². The van der Waals surface area contributed by atoms with E-state index in [4.69, 9.17) is 9.57 Å². The Bertz CT molecular complexity index is 664. The lowest BCUT2D eigenvalue weighted by Crippen LogP contribution is -2.06. The number of esters is 1. The predicted octanol–water partition coefficient (Wildman–Crippen LogP) is 3.73. The van der Waals surface area contributed by atoms with Gasteiger partial charge in [-0.3, -0.25) is 0 Å². The van der Waals surface area contributed by atoms with Gasteiger partial charge in [0.1, 0.15) is 6.26 Å². The normalized spacial score (nSPS) is 11.4. The Kier molecular flexibility index (Phi) is 6.60. The van der Waals surface area contributed by atoms with Crippen molar-refractivity contribution in [3.63, 3.8) is 0 Å². The highest BCUT2D eigenvalue weighted by molar-refractivity contribution is 6.01. The summed E-state index contributed by atoms with van der Waals surface area (Å²) in [4.78, 5) is 16.4. The van der Waals surface area contributed by atoms with E-state index in [0.29, 0.717) is 13.0 Å². The van der Waals surface area contributed by atoms with Gasteiger partial charge in [0.15, 0.2) is 0 Å². The zero-order chi connectivity index (χ0) is 16.3. The number of oxime groups is 1. The predicted molar refractivity (Wildman–Crippen MR) is 90.0 cm³/mol. The largest absolute Gasteiger partial charge is 0.463 e. The summed E-state index contributed by atoms with van der Waals surface area (Å²) in [5.41, 5.74) is 2.89. The Labute approximate surface area is 136 Å². The van der Waals surface area contributed by atoms with E-state index in [2.05, 4.69) is 5.16 Å². The van der Waals surface area contributed by atoms with Crippen LogP contribution in [0.1, 0.15) is 18.1 Å². The van der Waals surface area contributed by atoms with Gasteiger partial charge in [0.25, 0.3) is 0 Å². The minimum Gasteiger partial charge on any atom is -0.463 e. The van der Waals surface area contributed by atoms with E-state index in [9.17, 15) is 4.79 Å². The number of hydrogen-bond acceptors (Lipinski definition) is 4. The fourth-order valence-corrected chi connectivity index (χ4v) is 1.98. The van der Waals surface area contributed by atoms with Crippen LogP contribution in [0.5, 0.6) is 0 Å². The van der Waals surface area contributed by atoms with E-state index in [1.165, 1.54) is 12.3 Å². The van der Waals surface area contributed by atoms with Gasteiger partial charge >= 0.3 is 5.97 Å². The summed E-state index contributed by atoms with van der Waals surface area (Å²) < 4.78 is 4.78. The molecule has 0 fully saturated rings. The Morgan fingerprint density at radius 1 is 1.04 bits per heavy atom. The van der Waals surface area contributed by atoms with Gasteiger partial charge in [0, 0.05) is 6.42 Å². The highest BCUT2D eigenvalue weighted by Gasteiger charge is 2.05. The molecule has 0 bridgehead atoms. The third-order valence-electron chi connectivity index (χ3n) is 3.04. The van der Waals surface area contributed by atoms with Crippen LogP contribution in [0.25, 0.3) is 0 Å². The molecule has 0 saturated carbocycles. The first-order valence-corrected chi connectivity index (χ1v) is 7.45. The number of nitrogens with zero attached hydrogens (tertiary/aromatic N) is 1. The third kappa shape index (κ3) is 5.79. The number of hydrogen-bond donors (Lipinski definition) is 0. The topological polar surface area (TPSA) is 47.9 Å². The molecule has 0 spiro atoms. The van der Waals surface area contributed by atoms with E-state index in [-0.39, 0.29) is 0 Å². The van der Waals surface area contributed by atoms with Gasteiger partial charge in [-0.15, -0.1) is 0 Å². The van der Waals surface area contributed by atoms with Crippen LogP contribution in [0, 0.1) is 0 Å². The molecular formula is C19H19NO3. The minimum absolute atomic E-state index is 0.329. The molecule has 2 rings (SSSR count). The van der Waals surface area contributed by atoms with Gasteiger partial charge in [-0.05, 0) is 18.1 Å². The maximum atomic E-state index is 11.2. The Morgan fingerprint density at radius 3 is 2.35 bits per heavy atom. The molecule has 23 heavy (non-hydrogen) atoms. The van der Waals surface area contributed by atoms with Crippen LogP contribution < -0.4 is 0 Å². The first kappa shape index (κ1) is 16.5. The molecule has 0 aliphatic rings. The van der Waals surface area contributed by atoms with Crippen LogP contribution in [-0.4, -0.2) is 18.3 Å². The number of carbonyl (C=O) groups excluding carboxylic acids is 1. The Hall–Kier alpha value is -2.88. The Morgan fingerprint density at radius 2 is 1.70 bits per heavy atom. The van der Waals surface area contributed by atoms with Gasteiger partial charge in [0.05, 0.1) is 18.4 Å². The quantitative estimate of drug-likeness (QED) is 0.257. The van der Waals surface area contributed by atoms with E-state index >= 15 is 0 Å². The summed E-state index contributed by atoms with van der Waals surface area (Å²) in [6.45, 7) is 2.08. The highest BCUT2D eigenvalue weighted by atomic mass is 16.6. The van der Waals surface area contributed by atoms with E-state index in [0.717, 1.165) is 16.8 Å². The first-order valence-electron chi connectivity index (χ1n) is 7.45. The van der Waals surface area contributed by atoms with Crippen LogP contribution >= 0.6 is 0 Å². The van der Waals surface area contributed by atoms with Crippen molar-refractivity contribution in [2.24, 2.45) is 5.16 Å². The molecule has 4 heteroatoms. The van der Waals surface area contributed by atoms with Crippen molar-refractivity contribution in [3.8, 4) is 0 Å². The molecule has 0 unspecified atom stereocenters. The van der Waals surface area contributed by atoms with Gasteiger partial charge in [-0.1, -0.05) is 65.8 Å². The molecule has 0 aromatic heterocycles. The lowest BCUT2D eigenvalue weighted by molar-refractivity contribution is -0.137. The van der Waals surface area contributed by atoms with Gasteiger partial charge < -0.3 is 9.57 Å². The SMILES string of the molecule is CCOC(=O)/C=C/O/N=C(\Cc1ccccc1)c1ccccc1. The number of benzene rings is 2. The highest BCUT2D eigenvalue weighted by Crippen LogP contribution is 2.09. The monoisotopic (exact) mass is 309 g/mol. The Balaban J connectivity index is 2.10. The van der Waals surface area contributed by atoms with Crippen LogP contribution in [0.15, 0.2) is 78.2 Å². The van der Waals surface area contributed by atoms with Crippen LogP contribution in [-0.2, 0) is 20.8 Å². The summed E-state index contributed by atoms with van der Waals surface area (Å²) in [5.74, 6) is -0.452. The molecule has 0 radical (unpaired) electrons. The zero-order valence-corrected chi connectivity index (χ0v) is 13.0. The average Bonchev–Trinajstić information content (AvgIpc) is 2.59. The van der Waals surface area contributed by atoms with Crippen LogP contribution in [0.2, 0.25) is 0 Å². The van der Waals surface area contributed by atoms with Crippen molar-refractivity contribution in [1.82, 2.24) is 0 Å². The van der Waals surface area contributed by atoms with Crippen LogP contribution in [0.3, 0.4) is 0 Å². The third-order valence-corrected chi connectivity index (χ3v) is 3.04. The summed E-state index contributed by atoms with van der Waals surface area (Å²) in [6.07, 6.45) is 3.07. The maximum absolute atomic E-state index is 11.2.